The molecule has 29 heavy (non-hydrogen) atoms. The van der Waals surface area contributed by atoms with E-state index in [0.29, 0.717) is 35.4 Å². The Labute approximate surface area is 164 Å². The number of piperidine rings is 1. The Balaban J connectivity index is 1.40. The fourth-order valence-corrected chi connectivity index (χ4v) is 5.51. The number of imidazole rings is 1. The van der Waals surface area contributed by atoms with Crippen LogP contribution in [0.15, 0.2) is 18.5 Å². The van der Waals surface area contributed by atoms with E-state index < -0.39 is 17.6 Å². The Morgan fingerprint density at radius 1 is 1.38 bits per heavy atom. The van der Waals surface area contributed by atoms with E-state index in [2.05, 4.69) is 9.55 Å². The number of nitrogens with zero attached hydrogens (tertiary/aromatic N) is 4. The number of fused-ring (bicyclic) bond motifs is 1. The Hall–Kier alpha value is -2.58. The molecule has 2 bridgehead atoms. The number of alkyl halides is 3. The normalized spacial score (nSPS) is 31.7. The van der Waals surface area contributed by atoms with Crippen LogP contribution in [-0.2, 0) is 16.5 Å². The average Bonchev–Trinajstić information content (AvgIpc) is 3.62. The molecule has 6 nitrogen and oxygen atoms in total. The topological polar surface area (TPSA) is 77.0 Å². The first-order valence-corrected chi connectivity index (χ1v) is 10.0. The third-order valence-electron chi connectivity index (χ3n) is 7.12. The molecule has 152 valence electrons. The SMILES string of the molecule is CCC(=O)N1C[C@H]2[C@H]3C1[C@]32n1cc(-c2cnc(N)c(C(F)(F)F)c2)nc1C1CC1. The second kappa shape index (κ2) is 5.12. The molecule has 2 aromatic rings. The van der Waals surface area contributed by atoms with Gasteiger partial charge in [0, 0.05) is 48.7 Å². The fourth-order valence-electron chi connectivity index (χ4n) is 5.51. The summed E-state index contributed by atoms with van der Waals surface area (Å²) in [5.41, 5.74) is 5.23. The first kappa shape index (κ1) is 17.3. The molecular formula is C20H20F3N5O. The van der Waals surface area contributed by atoms with Crippen molar-refractivity contribution in [3.63, 3.8) is 0 Å². The lowest BCUT2D eigenvalue weighted by atomic mass is 10.1. The van der Waals surface area contributed by atoms with Crippen LogP contribution in [0.2, 0.25) is 0 Å². The van der Waals surface area contributed by atoms with E-state index in [1.165, 1.54) is 6.20 Å². The number of carbonyl (C=O) groups excluding carboxylic acids is 1. The van der Waals surface area contributed by atoms with E-state index in [4.69, 9.17) is 10.7 Å². The lowest BCUT2D eigenvalue weighted by Gasteiger charge is -2.17. The molecule has 0 spiro atoms. The minimum atomic E-state index is -4.56. The maximum atomic E-state index is 13.3. The van der Waals surface area contributed by atoms with Crippen LogP contribution in [0.25, 0.3) is 11.3 Å². The number of anilines is 1. The zero-order chi connectivity index (χ0) is 20.3. The quantitative estimate of drug-likeness (QED) is 0.852. The van der Waals surface area contributed by atoms with Crippen LogP contribution in [0, 0.1) is 11.8 Å². The summed E-state index contributed by atoms with van der Waals surface area (Å²) in [6, 6.07) is 1.25. The number of halogens is 3. The summed E-state index contributed by atoms with van der Waals surface area (Å²) in [5, 5.41) is 0. The van der Waals surface area contributed by atoms with Gasteiger partial charge in [0.2, 0.25) is 5.91 Å². The zero-order valence-corrected chi connectivity index (χ0v) is 15.8. The molecule has 3 saturated carbocycles. The molecule has 9 heteroatoms. The Bertz CT molecular complexity index is 1050. The number of aromatic nitrogens is 3. The van der Waals surface area contributed by atoms with Crippen molar-refractivity contribution < 1.29 is 18.0 Å². The van der Waals surface area contributed by atoms with Crippen molar-refractivity contribution in [1.82, 2.24) is 19.4 Å². The molecule has 3 aliphatic carbocycles. The third kappa shape index (κ3) is 2.10. The van der Waals surface area contributed by atoms with Gasteiger partial charge < -0.3 is 15.2 Å². The van der Waals surface area contributed by atoms with E-state index in [9.17, 15) is 18.0 Å². The number of nitrogen functional groups attached to an aromatic ring is 1. The predicted octanol–water partition coefficient (Wildman–Crippen LogP) is 3.00. The minimum absolute atomic E-state index is 0.0813. The first-order valence-electron chi connectivity index (χ1n) is 10.0. The number of amides is 1. The summed E-state index contributed by atoms with van der Waals surface area (Å²) >= 11 is 0. The number of pyridine rings is 1. The summed E-state index contributed by atoms with van der Waals surface area (Å²) in [6.45, 7) is 2.65. The predicted molar refractivity (Wildman–Crippen MR) is 97.6 cm³/mol. The van der Waals surface area contributed by atoms with Crippen molar-refractivity contribution in [2.75, 3.05) is 12.3 Å². The number of hydrogen-bond acceptors (Lipinski definition) is 4. The van der Waals surface area contributed by atoms with Crippen molar-refractivity contribution in [3.05, 3.63) is 29.8 Å². The van der Waals surface area contributed by atoms with Gasteiger partial charge in [-0.3, -0.25) is 4.79 Å². The highest BCUT2D eigenvalue weighted by Gasteiger charge is 2.94. The van der Waals surface area contributed by atoms with Crippen LogP contribution in [-0.4, -0.2) is 37.9 Å². The fraction of sp³-hybridized carbons (Fsp3) is 0.550. The Kier molecular flexibility index (Phi) is 3.05. The molecule has 7 rings (SSSR count). The van der Waals surface area contributed by atoms with E-state index in [1.807, 2.05) is 18.0 Å². The third-order valence-corrected chi connectivity index (χ3v) is 7.12. The standard InChI is InChI=1S/C20H20F3N5O/c1-2-14(29)27-7-12-15-16(27)19(12,15)28-8-13(26-18(28)9-3-4-9)10-5-11(20(21,22)23)17(24)25-6-10/h5-6,8-9,12,15-16H,2-4,7H2,1H3,(H2,24,25)/t12-,15-,16?,19+/m0/s1. The van der Waals surface area contributed by atoms with Gasteiger partial charge in [-0.25, -0.2) is 9.97 Å². The van der Waals surface area contributed by atoms with Gasteiger partial charge in [-0.2, -0.15) is 13.2 Å². The van der Waals surface area contributed by atoms with Crippen molar-refractivity contribution in [3.8, 4) is 11.3 Å². The van der Waals surface area contributed by atoms with Crippen LogP contribution in [0.5, 0.6) is 0 Å². The summed E-state index contributed by atoms with van der Waals surface area (Å²) in [5.74, 6) is 1.83. The number of rotatable bonds is 4. The summed E-state index contributed by atoms with van der Waals surface area (Å²) in [4.78, 5) is 22.7. The van der Waals surface area contributed by atoms with Crippen LogP contribution in [0.1, 0.15) is 43.5 Å². The van der Waals surface area contributed by atoms with Crippen LogP contribution in [0.3, 0.4) is 0 Å². The second-order valence-corrected chi connectivity index (χ2v) is 8.65. The maximum Gasteiger partial charge on any atom is 0.419 e. The van der Waals surface area contributed by atoms with Gasteiger partial charge in [-0.15, -0.1) is 0 Å². The zero-order valence-electron chi connectivity index (χ0n) is 15.8. The highest BCUT2D eigenvalue weighted by atomic mass is 19.4. The van der Waals surface area contributed by atoms with Gasteiger partial charge in [0.15, 0.2) is 0 Å². The largest absolute Gasteiger partial charge is 0.419 e. The highest BCUT2D eigenvalue weighted by Crippen LogP contribution is 2.83. The van der Waals surface area contributed by atoms with E-state index in [-0.39, 0.29) is 17.5 Å². The molecule has 1 amide bonds. The molecule has 5 aliphatic rings. The van der Waals surface area contributed by atoms with Gasteiger partial charge in [0.1, 0.15) is 11.6 Å². The first-order chi connectivity index (χ1) is 13.8. The molecule has 4 heterocycles. The van der Waals surface area contributed by atoms with Crippen molar-refractivity contribution >= 4 is 11.7 Å². The van der Waals surface area contributed by atoms with Gasteiger partial charge in [0.25, 0.3) is 0 Å². The van der Waals surface area contributed by atoms with Gasteiger partial charge in [-0.05, 0) is 18.9 Å². The molecule has 4 atom stereocenters. The Morgan fingerprint density at radius 3 is 2.76 bits per heavy atom. The minimum Gasteiger partial charge on any atom is -0.383 e. The van der Waals surface area contributed by atoms with Crippen LogP contribution in [0.4, 0.5) is 19.0 Å². The van der Waals surface area contributed by atoms with Gasteiger partial charge in [0.05, 0.1) is 22.8 Å². The Morgan fingerprint density at radius 2 is 2.14 bits per heavy atom. The molecule has 2 aliphatic heterocycles. The van der Waals surface area contributed by atoms with Crippen LogP contribution < -0.4 is 5.73 Å². The van der Waals surface area contributed by atoms with Crippen molar-refractivity contribution in [2.24, 2.45) is 11.8 Å². The smallest absolute Gasteiger partial charge is 0.383 e. The summed E-state index contributed by atoms with van der Waals surface area (Å²) in [6.07, 6.45) is 1.23. The van der Waals surface area contributed by atoms with E-state index >= 15 is 0 Å². The molecule has 2 N–H and O–H groups in total. The average molecular weight is 403 g/mol. The van der Waals surface area contributed by atoms with Gasteiger partial charge >= 0.3 is 6.18 Å². The van der Waals surface area contributed by atoms with Gasteiger partial charge in [-0.1, -0.05) is 6.92 Å². The molecule has 0 aromatic carbocycles. The van der Waals surface area contributed by atoms with E-state index in [1.54, 1.807) is 0 Å². The number of hydrogen-bond donors (Lipinski definition) is 1. The van der Waals surface area contributed by atoms with E-state index in [0.717, 1.165) is 31.3 Å². The maximum absolute atomic E-state index is 13.3. The molecule has 2 aromatic heterocycles. The van der Waals surface area contributed by atoms with Crippen molar-refractivity contribution in [2.45, 2.75) is 49.9 Å². The molecular weight excluding hydrogens is 383 g/mol. The van der Waals surface area contributed by atoms with Crippen molar-refractivity contribution in [1.29, 1.82) is 0 Å². The molecule has 0 radical (unpaired) electrons. The molecule has 2 saturated heterocycles. The number of carbonyl (C=O) groups is 1. The monoisotopic (exact) mass is 403 g/mol. The lowest BCUT2D eigenvalue weighted by Crippen LogP contribution is -2.31. The summed E-state index contributed by atoms with van der Waals surface area (Å²) < 4.78 is 41.9. The summed E-state index contributed by atoms with van der Waals surface area (Å²) in [7, 11) is 0. The van der Waals surface area contributed by atoms with Crippen LogP contribution >= 0.6 is 0 Å². The molecule has 5 fully saturated rings. The number of nitrogens with two attached hydrogens (primary N) is 1. The second-order valence-electron chi connectivity index (χ2n) is 8.65. The lowest BCUT2D eigenvalue weighted by molar-refractivity contribution is -0.137. The highest BCUT2D eigenvalue weighted by molar-refractivity contribution is 5.80. The molecule has 1 unspecified atom stereocenters.